The number of carboxylic acids is 1. The number of hydrazine groups is 1. The number of hydrogen-bond acceptors (Lipinski definition) is 3. The molecule has 0 aromatic heterocycles. The van der Waals surface area contributed by atoms with Crippen LogP contribution in [0.25, 0.3) is 0 Å². The highest BCUT2D eigenvalue weighted by Gasteiger charge is 2.19. The summed E-state index contributed by atoms with van der Waals surface area (Å²) >= 11 is 0. The average molecular weight is 228 g/mol. The summed E-state index contributed by atoms with van der Waals surface area (Å²) in [6.07, 6.45) is 8.55. The van der Waals surface area contributed by atoms with Gasteiger partial charge in [-0.25, -0.2) is 10.0 Å². The summed E-state index contributed by atoms with van der Waals surface area (Å²) in [5.41, 5.74) is 0. The molecule has 0 spiro atoms. The SMILES string of the molecule is C1CCN(N2CCCCC2)CC1.CC(=O)O. The maximum atomic E-state index is 9.00. The molecule has 2 aliphatic rings. The molecule has 0 saturated carbocycles. The minimum absolute atomic E-state index is 0.833. The molecule has 4 heteroatoms. The van der Waals surface area contributed by atoms with Crippen LogP contribution in [-0.4, -0.2) is 47.3 Å². The van der Waals surface area contributed by atoms with Crippen molar-refractivity contribution >= 4 is 5.97 Å². The molecule has 0 bridgehead atoms. The van der Waals surface area contributed by atoms with Gasteiger partial charge in [-0.15, -0.1) is 0 Å². The number of piperidine rings is 2. The van der Waals surface area contributed by atoms with E-state index in [1.54, 1.807) is 0 Å². The Morgan fingerprint density at radius 3 is 1.31 bits per heavy atom. The monoisotopic (exact) mass is 228 g/mol. The summed E-state index contributed by atoms with van der Waals surface area (Å²) in [4.78, 5) is 9.00. The lowest BCUT2D eigenvalue weighted by Crippen LogP contribution is -2.47. The first-order chi connectivity index (χ1) is 7.70. The van der Waals surface area contributed by atoms with Crippen molar-refractivity contribution in [1.29, 1.82) is 0 Å². The second-order valence-electron chi connectivity index (χ2n) is 4.55. The van der Waals surface area contributed by atoms with Crippen molar-refractivity contribution in [2.45, 2.75) is 45.4 Å². The van der Waals surface area contributed by atoms with Crippen LogP contribution in [-0.2, 0) is 4.79 Å². The molecule has 1 N–H and O–H groups in total. The normalized spacial score (nSPS) is 23.3. The van der Waals surface area contributed by atoms with Crippen LogP contribution in [0, 0.1) is 0 Å². The molecule has 2 saturated heterocycles. The predicted molar refractivity (Wildman–Crippen MR) is 64.2 cm³/mol. The first-order valence-corrected chi connectivity index (χ1v) is 6.39. The van der Waals surface area contributed by atoms with E-state index >= 15 is 0 Å². The fraction of sp³-hybridized carbons (Fsp3) is 0.917. The van der Waals surface area contributed by atoms with E-state index < -0.39 is 5.97 Å². The Bertz CT molecular complexity index is 177. The number of nitrogens with zero attached hydrogens (tertiary/aromatic N) is 2. The van der Waals surface area contributed by atoms with Crippen molar-refractivity contribution < 1.29 is 9.90 Å². The molecule has 0 radical (unpaired) electrons. The van der Waals surface area contributed by atoms with E-state index in [0.717, 1.165) is 6.92 Å². The zero-order chi connectivity index (χ0) is 11.8. The zero-order valence-electron chi connectivity index (χ0n) is 10.3. The van der Waals surface area contributed by atoms with Gasteiger partial charge in [-0.2, -0.15) is 0 Å². The van der Waals surface area contributed by atoms with Gasteiger partial charge < -0.3 is 5.11 Å². The molecule has 0 aromatic rings. The van der Waals surface area contributed by atoms with Crippen molar-refractivity contribution in [3.05, 3.63) is 0 Å². The van der Waals surface area contributed by atoms with Crippen molar-refractivity contribution in [3.8, 4) is 0 Å². The van der Waals surface area contributed by atoms with E-state index in [1.807, 2.05) is 0 Å². The summed E-state index contributed by atoms with van der Waals surface area (Å²) in [6.45, 7) is 6.36. The van der Waals surface area contributed by atoms with Crippen molar-refractivity contribution in [2.75, 3.05) is 26.2 Å². The quantitative estimate of drug-likeness (QED) is 0.745. The highest BCUT2D eigenvalue weighted by molar-refractivity contribution is 5.62. The van der Waals surface area contributed by atoms with E-state index in [0.29, 0.717) is 0 Å². The molecule has 0 aliphatic carbocycles. The molecule has 2 aliphatic heterocycles. The molecule has 16 heavy (non-hydrogen) atoms. The van der Waals surface area contributed by atoms with E-state index in [4.69, 9.17) is 9.90 Å². The Labute approximate surface area is 98.2 Å². The lowest BCUT2D eigenvalue weighted by atomic mass is 10.1. The van der Waals surface area contributed by atoms with Gasteiger partial charge in [-0.05, 0) is 25.7 Å². The van der Waals surface area contributed by atoms with Crippen LogP contribution in [0.15, 0.2) is 0 Å². The predicted octanol–water partition coefficient (Wildman–Crippen LogP) is 1.96. The largest absolute Gasteiger partial charge is 0.481 e. The minimum Gasteiger partial charge on any atom is -0.481 e. The van der Waals surface area contributed by atoms with Crippen LogP contribution in [0.3, 0.4) is 0 Å². The van der Waals surface area contributed by atoms with Crippen LogP contribution in [0.2, 0.25) is 0 Å². The van der Waals surface area contributed by atoms with Gasteiger partial charge in [0.2, 0.25) is 0 Å². The Balaban J connectivity index is 0.000000280. The molecule has 4 nitrogen and oxygen atoms in total. The van der Waals surface area contributed by atoms with Gasteiger partial charge in [0.05, 0.1) is 0 Å². The Morgan fingerprint density at radius 1 is 0.812 bits per heavy atom. The second-order valence-corrected chi connectivity index (χ2v) is 4.55. The van der Waals surface area contributed by atoms with E-state index in [9.17, 15) is 0 Å². The molecule has 0 aromatic carbocycles. The summed E-state index contributed by atoms with van der Waals surface area (Å²) < 4.78 is 0. The lowest BCUT2D eigenvalue weighted by molar-refractivity contribution is -0.134. The van der Waals surface area contributed by atoms with Crippen molar-refractivity contribution in [2.24, 2.45) is 0 Å². The zero-order valence-corrected chi connectivity index (χ0v) is 10.3. The minimum atomic E-state index is -0.833. The first-order valence-electron chi connectivity index (χ1n) is 6.39. The molecule has 94 valence electrons. The summed E-state index contributed by atoms with van der Waals surface area (Å²) in [6, 6.07) is 0. The van der Waals surface area contributed by atoms with Gasteiger partial charge in [0.25, 0.3) is 5.97 Å². The Morgan fingerprint density at radius 2 is 1.06 bits per heavy atom. The van der Waals surface area contributed by atoms with Crippen molar-refractivity contribution in [1.82, 2.24) is 10.0 Å². The number of carboxylic acid groups (broad SMARTS) is 1. The van der Waals surface area contributed by atoms with Gasteiger partial charge in [-0.1, -0.05) is 12.8 Å². The maximum absolute atomic E-state index is 9.00. The van der Waals surface area contributed by atoms with E-state index in [-0.39, 0.29) is 0 Å². The fourth-order valence-corrected chi connectivity index (χ4v) is 2.32. The highest BCUT2D eigenvalue weighted by atomic mass is 16.4. The number of aliphatic carboxylic acids is 1. The number of hydrogen-bond donors (Lipinski definition) is 1. The smallest absolute Gasteiger partial charge is 0.300 e. The van der Waals surface area contributed by atoms with Gasteiger partial charge >= 0.3 is 0 Å². The van der Waals surface area contributed by atoms with Crippen LogP contribution in [0.1, 0.15) is 45.4 Å². The molecule has 2 heterocycles. The second kappa shape index (κ2) is 7.63. The Hall–Kier alpha value is -0.610. The standard InChI is InChI=1S/C10H20N2.C2H4O2/c1-3-7-11(8-4-1)12-9-5-2-6-10-12;1-2(3)4/h1-10H2;1H3,(H,3,4). The summed E-state index contributed by atoms with van der Waals surface area (Å²) in [7, 11) is 0. The van der Waals surface area contributed by atoms with Gasteiger partial charge in [0.1, 0.15) is 0 Å². The third-order valence-corrected chi connectivity index (χ3v) is 3.06. The van der Waals surface area contributed by atoms with Gasteiger partial charge in [-0.3, -0.25) is 4.79 Å². The van der Waals surface area contributed by atoms with Crippen LogP contribution < -0.4 is 0 Å². The van der Waals surface area contributed by atoms with Gasteiger partial charge in [0.15, 0.2) is 0 Å². The number of rotatable bonds is 1. The van der Waals surface area contributed by atoms with E-state index in [2.05, 4.69) is 10.0 Å². The van der Waals surface area contributed by atoms with Crippen LogP contribution >= 0.6 is 0 Å². The van der Waals surface area contributed by atoms with Crippen LogP contribution in [0.4, 0.5) is 0 Å². The third-order valence-electron chi connectivity index (χ3n) is 3.06. The summed E-state index contributed by atoms with van der Waals surface area (Å²) in [5, 5.41) is 12.6. The molecule has 0 unspecified atom stereocenters. The average Bonchev–Trinajstić information content (AvgIpc) is 2.31. The van der Waals surface area contributed by atoms with Crippen molar-refractivity contribution in [3.63, 3.8) is 0 Å². The summed E-state index contributed by atoms with van der Waals surface area (Å²) in [5.74, 6) is -0.833. The molecular formula is C12H24N2O2. The fourth-order valence-electron chi connectivity index (χ4n) is 2.32. The van der Waals surface area contributed by atoms with Crippen LogP contribution in [0.5, 0.6) is 0 Å². The van der Waals surface area contributed by atoms with Gasteiger partial charge in [0, 0.05) is 33.1 Å². The molecule has 2 rings (SSSR count). The lowest BCUT2D eigenvalue weighted by Gasteiger charge is -2.39. The highest BCUT2D eigenvalue weighted by Crippen LogP contribution is 2.16. The Kier molecular flexibility index (Phi) is 6.42. The molecule has 0 atom stereocenters. The maximum Gasteiger partial charge on any atom is 0.300 e. The molecular weight excluding hydrogens is 204 g/mol. The topological polar surface area (TPSA) is 43.8 Å². The molecule has 2 fully saturated rings. The van der Waals surface area contributed by atoms with E-state index in [1.165, 1.54) is 64.7 Å². The number of carbonyl (C=O) groups is 1. The first kappa shape index (κ1) is 13.5. The molecule has 0 amide bonds. The third kappa shape index (κ3) is 5.47.